The number of methoxy groups -OCH3 is 2. The van der Waals surface area contributed by atoms with Gasteiger partial charge in [0, 0.05) is 5.56 Å². The van der Waals surface area contributed by atoms with Crippen LogP contribution in [0.2, 0.25) is 0 Å². The van der Waals surface area contributed by atoms with Gasteiger partial charge in [-0.2, -0.15) is 0 Å². The molecule has 0 bridgehead atoms. The van der Waals surface area contributed by atoms with E-state index in [9.17, 15) is 0 Å². The van der Waals surface area contributed by atoms with Crippen LogP contribution in [0.4, 0.5) is 0 Å². The Labute approximate surface area is 118 Å². The Kier molecular flexibility index (Phi) is 3.30. The van der Waals surface area contributed by atoms with Crippen LogP contribution in [-0.2, 0) is 0 Å². The van der Waals surface area contributed by atoms with E-state index in [-0.39, 0.29) is 0 Å². The zero-order valence-corrected chi connectivity index (χ0v) is 11.6. The van der Waals surface area contributed by atoms with E-state index in [1.165, 1.54) is 10.8 Å². The average molecular weight is 264 g/mol. The van der Waals surface area contributed by atoms with Crippen molar-refractivity contribution in [2.75, 3.05) is 14.2 Å². The molecule has 3 aromatic rings. The van der Waals surface area contributed by atoms with Gasteiger partial charge in [0.2, 0.25) is 0 Å². The smallest absolute Gasteiger partial charge is 0.126 e. The molecule has 0 radical (unpaired) electrons. The molecule has 0 aliphatic carbocycles. The molecule has 0 N–H and O–H groups in total. The van der Waals surface area contributed by atoms with E-state index in [4.69, 9.17) is 9.47 Å². The fourth-order valence-corrected chi connectivity index (χ4v) is 2.40. The van der Waals surface area contributed by atoms with E-state index in [0.29, 0.717) is 0 Å². The van der Waals surface area contributed by atoms with Crippen molar-refractivity contribution < 1.29 is 9.47 Å². The second-order valence-corrected chi connectivity index (χ2v) is 4.63. The molecular formula is C18H16O2. The van der Waals surface area contributed by atoms with Crippen molar-refractivity contribution in [2.24, 2.45) is 0 Å². The van der Waals surface area contributed by atoms with Crippen LogP contribution in [0.15, 0.2) is 60.7 Å². The number of benzene rings is 3. The molecule has 3 aromatic carbocycles. The fraction of sp³-hybridized carbons (Fsp3) is 0.111. The van der Waals surface area contributed by atoms with Gasteiger partial charge in [-0.1, -0.05) is 36.4 Å². The minimum atomic E-state index is 0.828. The zero-order chi connectivity index (χ0) is 13.9. The normalized spacial score (nSPS) is 10.5. The van der Waals surface area contributed by atoms with Crippen LogP contribution in [0, 0.1) is 0 Å². The van der Waals surface area contributed by atoms with E-state index in [1.807, 2.05) is 24.3 Å². The Morgan fingerprint density at radius 3 is 2.25 bits per heavy atom. The number of hydrogen-bond acceptors (Lipinski definition) is 2. The zero-order valence-electron chi connectivity index (χ0n) is 11.6. The van der Waals surface area contributed by atoms with Crippen LogP contribution in [0.1, 0.15) is 0 Å². The maximum atomic E-state index is 5.46. The van der Waals surface area contributed by atoms with Gasteiger partial charge in [0.25, 0.3) is 0 Å². The second-order valence-electron chi connectivity index (χ2n) is 4.63. The number of fused-ring (bicyclic) bond motifs is 1. The minimum Gasteiger partial charge on any atom is -0.497 e. The summed E-state index contributed by atoms with van der Waals surface area (Å²) in [6.45, 7) is 0. The van der Waals surface area contributed by atoms with Crippen LogP contribution >= 0.6 is 0 Å². The molecule has 0 spiro atoms. The lowest BCUT2D eigenvalue weighted by Gasteiger charge is -2.11. The quantitative estimate of drug-likeness (QED) is 0.692. The van der Waals surface area contributed by atoms with Crippen molar-refractivity contribution in [1.82, 2.24) is 0 Å². The van der Waals surface area contributed by atoms with Crippen molar-refractivity contribution in [3.8, 4) is 22.6 Å². The highest BCUT2D eigenvalue weighted by Gasteiger charge is 2.08. The van der Waals surface area contributed by atoms with Gasteiger partial charge in [-0.15, -0.1) is 0 Å². The van der Waals surface area contributed by atoms with Crippen LogP contribution < -0.4 is 9.47 Å². The van der Waals surface area contributed by atoms with Crippen molar-refractivity contribution in [1.29, 1.82) is 0 Å². The summed E-state index contributed by atoms with van der Waals surface area (Å²) in [7, 11) is 3.36. The molecule has 0 aliphatic heterocycles. The summed E-state index contributed by atoms with van der Waals surface area (Å²) in [6, 6.07) is 20.6. The molecule has 0 unspecified atom stereocenters. The van der Waals surface area contributed by atoms with E-state index >= 15 is 0 Å². The second kappa shape index (κ2) is 5.25. The first-order valence-electron chi connectivity index (χ1n) is 6.53. The molecule has 0 fully saturated rings. The summed E-state index contributed by atoms with van der Waals surface area (Å²) in [4.78, 5) is 0. The lowest BCUT2D eigenvalue weighted by atomic mass is 10.0. The first-order chi connectivity index (χ1) is 9.81. The van der Waals surface area contributed by atoms with Gasteiger partial charge in [-0.25, -0.2) is 0 Å². The monoisotopic (exact) mass is 264 g/mol. The number of rotatable bonds is 3. The Balaban J connectivity index is 2.18. The molecule has 0 saturated carbocycles. The summed E-state index contributed by atoms with van der Waals surface area (Å²) < 4.78 is 10.8. The Bertz CT molecular complexity index is 747. The van der Waals surface area contributed by atoms with Crippen LogP contribution in [0.25, 0.3) is 21.9 Å². The molecule has 20 heavy (non-hydrogen) atoms. The van der Waals surface area contributed by atoms with E-state index in [0.717, 1.165) is 22.6 Å². The summed E-state index contributed by atoms with van der Waals surface area (Å²) in [6.07, 6.45) is 0. The predicted octanol–water partition coefficient (Wildman–Crippen LogP) is 4.52. The lowest BCUT2D eigenvalue weighted by molar-refractivity contribution is 0.404. The van der Waals surface area contributed by atoms with Crippen molar-refractivity contribution in [3.63, 3.8) is 0 Å². The highest BCUT2D eigenvalue weighted by molar-refractivity contribution is 5.88. The van der Waals surface area contributed by atoms with Crippen molar-refractivity contribution in [3.05, 3.63) is 60.7 Å². The molecular weight excluding hydrogens is 248 g/mol. The van der Waals surface area contributed by atoms with E-state index in [1.54, 1.807) is 14.2 Å². The van der Waals surface area contributed by atoms with Gasteiger partial charge < -0.3 is 9.47 Å². The highest BCUT2D eigenvalue weighted by Crippen LogP contribution is 2.34. The molecule has 2 nitrogen and oxygen atoms in total. The molecule has 0 heterocycles. The molecule has 2 heteroatoms. The van der Waals surface area contributed by atoms with E-state index < -0.39 is 0 Å². The van der Waals surface area contributed by atoms with Gasteiger partial charge in [0.1, 0.15) is 11.5 Å². The first kappa shape index (κ1) is 12.5. The van der Waals surface area contributed by atoms with Crippen molar-refractivity contribution in [2.45, 2.75) is 0 Å². The third-order valence-corrected chi connectivity index (χ3v) is 3.47. The predicted molar refractivity (Wildman–Crippen MR) is 82.5 cm³/mol. The summed E-state index contributed by atoms with van der Waals surface area (Å²) in [5.41, 5.74) is 2.16. The maximum Gasteiger partial charge on any atom is 0.126 e. The topological polar surface area (TPSA) is 18.5 Å². The average Bonchev–Trinajstić information content (AvgIpc) is 2.53. The molecule has 3 rings (SSSR count). The number of hydrogen-bond donors (Lipinski definition) is 0. The largest absolute Gasteiger partial charge is 0.497 e. The molecule has 0 amide bonds. The van der Waals surface area contributed by atoms with Gasteiger partial charge in [-0.05, 0) is 40.6 Å². The molecule has 0 aromatic heterocycles. The van der Waals surface area contributed by atoms with Gasteiger partial charge in [-0.3, -0.25) is 0 Å². The minimum absolute atomic E-state index is 0.828. The van der Waals surface area contributed by atoms with Crippen LogP contribution in [0.5, 0.6) is 11.5 Å². The Morgan fingerprint density at radius 1 is 0.700 bits per heavy atom. The van der Waals surface area contributed by atoms with E-state index in [2.05, 4.69) is 36.4 Å². The van der Waals surface area contributed by atoms with Gasteiger partial charge in [0.05, 0.1) is 14.2 Å². The molecule has 100 valence electrons. The molecule has 0 saturated heterocycles. The number of ether oxygens (including phenoxy) is 2. The third-order valence-electron chi connectivity index (χ3n) is 3.47. The molecule has 0 aliphatic rings. The summed E-state index contributed by atoms with van der Waals surface area (Å²) >= 11 is 0. The van der Waals surface area contributed by atoms with Gasteiger partial charge in [0.15, 0.2) is 0 Å². The SMILES string of the molecule is COc1ccc(OC)c(-c2ccc3ccccc3c2)c1. The first-order valence-corrected chi connectivity index (χ1v) is 6.53. The Hall–Kier alpha value is -2.48. The summed E-state index contributed by atoms with van der Waals surface area (Å²) in [5.74, 6) is 1.68. The maximum absolute atomic E-state index is 5.46. The van der Waals surface area contributed by atoms with Crippen LogP contribution in [0.3, 0.4) is 0 Å². The highest BCUT2D eigenvalue weighted by atomic mass is 16.5. The van der Waals surface area contributed by atoms with Crippen LogP contribution in [-0.4, -0.2) is 14.2 Å². The van der Waals surface area contributed by atoms with Crippen molar-refractivity contribution >= 4 is 10.8 Å². The Morgan fingerprint density at radius 2 is 1.50 bits per heavy atom. The lowest BCUT2D eigenvalue weighted by Crippen LogP contribution is -1.90. The standard InChI is InChI=1S/C18H16O2/c1-19-16-9-10-18(20-2)17(12-16)15-8-7-13-5-3-4-6-14(13)11-15/h3-12H,1-2H3. The van der Waals surface area contributed by atoms with Gasteiger partial charge >= 0.3 is 0 Å². The fourth-order valence-electron chi connectivity index (χ4n) is 2.40. The third kappa shape index (κ3) is 2.21. The molecule has 0 atom stereocenters. The summed E-state index contributed by atoms with van der Waals surface area (Å²) in [5, 5.41) is 2.45.